The van der Waals surface area contributed by atoms with Crippen molar-refractivity contribution >= 4 is 12.0 Å². The number of aromatic amines is 1. The van der Waals surface area contributed by atoms with Gasteiger partial charge >= 0.3 is 0 Å². The molecule has 0 radical (unpaired) electrons. The highest BCUT2D eigenvalue weighted by Gasteiger charge is 2.09. The lowest BCUT2D eigenvalue weighted by Crippen LogP contribution is -2.16. The third kappa shape index (κ3) is 2.23. The zero-order chi connectivity index (χ0) is 10.5. The van der Waals surface area contributed by atoms with Crippen molar-refractivity contribution in [1.82, 2.24) is 10.2 Å². The van der Waals surface area contributed by atoms with Gasteiger partial charge in [0.15, 0.2) is 5.82 Å². The average molecular weight is 201 g/mol. The Morgan fingerprint density at radius 1 is 1.67 bits per heavy atom. The van der Waals surface area contributed by atoms with Crippen LogP contribution in [0.2, 0.25) is 0 Å². The minimum atomic E-state index is 0.373. The fourth-order valence-corrected chi connectivity index (χ4v) is 1.40. The Labute approximate surface area is 87.5 Å². The Morgan fingerprint density at radius 3 is 3.33 bits per heavy atom. The van der Waals surface area contributed by atoms with Crippen LogP contribution in [0.25, 0.3) is 0 Å². The predicted molar refractivity (Wildman–Crippen MR) is 57.5 cm³/mol. The molecule has 1 aromatic rings. The number of allylic oxidation sites excluding steroid dienone is 1. The van der Waals surface area contributed by atoms with E-state index in [1.165, 1.54) is 0 Å². The summed E-state index contributed by atoms with van der Waals surface area (Å²) in [4.78, 5) is 4.06. The van der Waals surface area contributed by atoms with Crippen LogP contribution < -0.4 is 5.32 Å². The highest BCUT2D eigenvalue weighted by Crippen LogP contribution is 2.12. The first-order valence-electron chi connectivity index (χ1n) is 4.76. The maximum Gasteiger partial charge on any atom is 0.165 e. The molecule has 1 aromatic heterocycles. The molecule has 0 saturated carbocycles. The second-order valence-corrected chi connectivity index (χ2v) is 3.32. The summed E-state index contributed by atoms with van der Waals surface area (Å²) in [5, 5.41) is 18.5. The van der Waals surface area contributed by atoms with Gasteiger partial charge in [0.1, 0.15) is 11.6 Å². The van der Waals surface area contributed by atoms with E-state index in [1.807, 2.05) is 12.3 Å². The normalized spacial score (nSPS) is 18.7. The van der Waals surface area contributed by atoms with E-state index >= 15 is 0 Å². The molecule has 5 heteroatoms. The number of aliphatic imine (C=N–C) groups is 1. The third-order valence-electron chi connectivity index (χ3n) is 2.22. The van der Waals surface area contributed by atoms with Crippen molar-refractivity contribution in [3.63, 3.8) is 0 Å². The summed E-state index contributed by atoms with van der Waals surface area (Å²) in [6, 6.07) is 2.06. The minimum absolute atomic E-state index is 0.373. The fourth-order valence-electron chi connectivity index (χ4n) is 1.40. The van der Waals surface area contributed by atoms with Crippen molar-refractivity contribution in [3.8, 4) is 6.07 Å². The fraction of sp³-hybridized carbons (Fsp3) is 0.300. The molecular weight excluding hydrogens is 190 g/mol. The molecule has 1 unspecified atom stereocenters. The van der Waals surface area contributed by atoms with Gasteiger partial charge < -0.3 is 5.32 Å². The smallest absolute Gasteiger partial charge is 0.165 e. The number of hydrogen-bond acceptors (Lipinski definition) is 4. The molecule has 0 bridgehead atoms. The van der Waals surface area contributed by atoms with E-state index in [1.54, 1.807) is 12.4 Å². The molecule has 0 amide bonds. The monoisotopic (exact) mass is 201 g/mol. The number of hydrogen-bond donors (Lipinski definition) is 2. The Morgan fingerprint density at radius 2 is 2.60 bits per heavy atom. The first-order valence-corrected chi connectivity index (χ1v) is 4.76. The first kappa shape index (κ1) is 9.46. The zero-order valence-corrected chi connectivity index (χ0v) is 8.14. The Balaban J connectivity index is 1.91. The standard InChI is InChI=1S/C10H11N5/c11-4-9-7-14-15-10(9)13-6-8-2-1-3-12-5-8/h1,3,5,7-8H,2,6H2,(H2,13,14,15). The number of nitriles is 1. The molecule has 0 aliphatic carbocycles. The molecule has 76 valence electrons. The maximum absolute atomic E-state index is 8.76. The topological polar surface area (TPSA) is 76.9 Å². The zero-order valence-electron chi connectivity index (χ0n) is 8.14. The molecule has 2 N–H and O–H groups in total. The van der Waals surface area contributed by atoms with E-state index in [-0.39, 0.29) is 0 Å². The van der Waals surface area contributed by atoms with Crippen LogP contribution in [-0.2, 0) is 0 Å². The maximum atomic E-state index is 8.76. The van der Waals surface area contributed by atoms with E-state index in [2.05, 4.69) is 26.6 Å². The predicted octanol–water partition coefficient (Wildman–Crippen LogP) is 1.30. The second-order valence-electron chi connectivity index (χ2n) is 3.32. The molecule has 0 aromatic carbocycles. The van der Waals surface area contributed by atoms with Gasteiger partial charge in [0.2, 0.25) is 0 Å². The summed E-state index contributed by atoms with van der Waals surface area (Å²) in [6.45, 7) is 0.743. The van der Waals surface area contributed by atoms with Crippen LogP contribution in [0, 0.1) is 17.2 Å². The molecule has 5 nitrogen and oxygen atoms in total. The van der Waals surface area contributed by atoms with Gasteiger partial charge in [-0.3, -0.25) is 10.1 Å². The van der Waals surface area contributed by atoms with Crippen LogP contribution in [-0.4, -0.2) is 23.0 Å². The number of nitrogens with one attached hydrogen (secondary N) is 2. The lowest BCUT2D eigenvalue weighted by Gasteiger charge is -2.12. The van der Waals surface area contributed by atoms with Gasteiger partial charge in [0, 0.05) is 31.1 Å². The molecule has 0 saturated heterocycles. The van der Waals surface area contributed by atoms with Gasteiger partial charge in [-0.1, -0.05) is 6.08 Å². The molecule has 2 rings (SSSR count). The van der Waals surface area contributed by atoms with E-state index in [9.17, 15) is 0 Å². The van der Waals surface area contributed by atoms with Crippen LogP contribution in [0.4, 0.5) is 5.82 Å². The summed E-state index contributed by atoms with van der Waals surface area (Å²) in [5.74, 6) is 0.985. The number of H-pyrrole nitrogens is 1. The quantitative estimate of drug-likeness (QED) is 0.773. The van der Waals surface area contributed by atoms with Crippen molar-refractivity contribution in [2.75, 3.05) is 11.9 Å². The van der Waals surface area contributed by atoms with Gasteiger partial charge in [-0.25, -0.2) is 0 Å². The average Bonchev–Trinajstić information content (AvgIpc) is 2.75. The van der Waals surface area contributed by atoms with Crippen LogP contribution in [0.15, 0.2) is 23.5 Å². The highest BCUT2D eigenvalue weighted by atomic mass is 15.2. The van der Waals surface area contributed by atoms with E-state index < -0.39 is 0 Å². The van der Waals surface area contributed by atoms with Crippen molar-refractivity contribution in [2.45, 2.75) is 6.42 Å². The van der Waals surface area contributed by atoms with Gasteiger partial charge in [-0.2, -0.15) is 10.4 Å². The van der Waals surface area contributed by atoms with Gasteiger partial charge in [0.05, 0.1) is 0 Å². The van der Waals surface area contributed by atoms with E-state index in [0.717, 1.165) is 13.0 Å². The van der Waals surface area contributed by atoms with E-state index in [0.29, 0.717) is 17.3 Å². The summed E-state index contributed by atoms with van der Waals surface area (Å²) in [7, 11) is 0. The molecule has 1 aliphatic heterocycles. The molecule has 0 fully saturated rings. The molecule has 1 aliphatic rings. The molecule has 1 atom stereocenters. The minimum Gasteiger partial charge on any atom is -0.367 e. The lowest BCUT2D eigenvalue weighted by atomic mass is 10.1. The Bertz CT molecular complexity index is 423. The largest absolute Gasteiger partial charge is 0.367 e. The molecule has 2 heterocycles. The van der Waals surface area contributed by atoms with Gasteiger partial charge in [-0.05, 0) is 6.42 Å². The van der Waals surface area contributed by atoms with Crippen molar-refractivity contribution in [3.05, 3.63) is 24.0 Å². The van der Waals surface area contributed by atoms with E-state index in [4.69, 9.17) is 5.26 Å². The summed E-state index contributed by atoms with van der Waals surface area (Å²) < 4.78 is 0. The molecule has 0 spiro atoms. The summed E-state index contributed by atoms with van der Waals surface area (Å²) in [5.41, 5.74) is 0.540. The van der Waals surface area contributed by atoms with Gasteiger partial charge in [-0.15, -0.1) is 0 Å². The SMILES string of the molecule is N#Cc1c[nH]nc1NCC1C=NC=CC1. The molecular formula is C10H11N5. The summed E-state index contributed by atoms with van der Waals surface area (Å²) in [6.07, 6.45) is 8.29. The Hall–Kier alpha value is -2.09. The van der Waals surface area contributed by atoms with Crippen LogP contribution in [0.1, 0.15) is 12.0 Å². The number of aromatic nitrogens is 2. The van der Waals surface area contributed by atoms with Crippen molar-refractivity contribution < 1.29 is 0 Å². The molecule has 15 heavy (non-hydrogen) atoms. The Kier molecular flexibility index (Phi) is 2.79. The number of rotatable bonds is 3. The van der Waals surface area contributed by atoms with Crippen molar-refractivity contribution in [2.24, 2.45) is 10.9 Å². The van der Waals surface area contributed by atoms with Crippen LogP contribution in [0.3, 0.4) is 0 Å². The number of nitrogens with zero attached hydrogens (tertiary/aromatic N) is 3. The first-order chi connectivity index (χ1) is 7.40. The van der Waals surface area contributed by atoms with Crippen LogP contribution in [0.5, 0.6) is 0 Å². The highest BCUT2D eigenvalue weighted by molar-refractivity contribution is 5.64. The number of anilines is 1. The van der Waals surface area contributed by atoms with Crippen LogP contribution >= 0.6 is 0 Å². The second kappa shape index (κ2) is 4.42. The lowest BCUT2D eigenvalue weighted by molar-refractivity contribution is 0.743. The van der Waals surface area contributed by atoms with Gasteiger partial charge in [0.25, 0.3) is 0 Å². The van der Waals surface area contributed by atoms with Crippen molar-refractivity contribution in [1.29, 1.82) is 5.26 Å². The summed E-state index contributed by atoms with van der Waals surface area (Å²) >= 11 is 0. The third-order valence-corrected chi connectivity index (χ3v) is 2.22.